The van der Waals surface area contributed by atoms with Gasteiger partial charge in [-0.2, -0.15) is 13.2 Å². The van der Waals surface area contributed by atoms with Crippen molar-refractivity contribution in [2.75, 3.05) is 5.75 Å². The Balaban J connectivity index is 2.34. The smallest absolute Gasteiger partial charge is 0.206 e. The fraction of sp³-hybridized carbons (Fsp3) is 0.294. The second kappa shape index (κ2) is 6.73. The van der Waals surface area contributed by atoms with E-state index < -0.39 is 17.7 Å². The number of thioether (sulfide) groups is 1. The van der Waals surface area contributed by atoms with Gasteiger partial charge in [0.25, 0.3) is 0 Å². The predicted molar refractivity (Wildman–Crippen MR) is 82.7 cm³/mol. The van der Waals surface area contributed by atoms with Crippen LogP contribution in [-0.2, 0) is 6.42 Å². The Morgan fingerprint density at radius 3 is 2.23 bits per heavy atom. The summed E-state index contributed by atoms with van der Waals surface area (Å²) in [6.45, 7) is 3.64. The molecule has 0 spiro atoms. The summed E-state index contributed by atoms with van der Waals surface area (Å²) < 4.78 is 51.2. The highest BCUT2D eigenvalue weighted by molar-refractivity contribution is 7.99. The maximum absolute atomic E-state index is 14.1. The molecule has 118 valence electrons. The normalized spacial score (nSPS) is 11.7. The third-order valence-electron chi connectivity index (χ3n) is 3.33. The fourth-order valence-corrected chi connectivity index (χ4v) is 2.92. The molecule has 2 aromatic rings. The first-order chi connectivity index (χ1) is 10.3. The molecule has 2 aromatic carbocycles. The molecular weight excluding hydrogens is 312 g/mol. The largest absolute Gasteiger partial charge is 0.398 e. The number of alkyl halides is 3. The zero-order chi connectivity index (χ0) is 16.3. The molecule has 22 heavy (non-hydrogen) atoms. The molecule has 2 rings (SSSR count). The lowest BCUT2D eigenvalue weighted by Crippen LogP contribution is -2.10. The van der Waals surface area contributed by atoms with Gasteiger partial charge in [0.1, 0.15) is 5.82 Å². The zero-order valence-corrected chi connectivity index (χ0v) is 13.1. The van der Waals surface area contributed by atoms with Crippen LogP contribution in [0.1, 0.15) is 18.1 Å². The number of hydrogen-bond donors (Lipinski definition) is 0. The Labute approximate surface area is 131 Å². The van der Waals surface area contributed by atoms with Crippen LogP contribution in [0.25, 0.3) is 11.1 Å². The predicted octanol–water partition coefficient (Wildman–Crippen LogP) is 6.02. The quantitative estimate of drug-likeness (QED) is 0.488. The van der Waals surface area contributed by atoms with Crippen molar-refractivity contribution >= 4 is 11.8 Å². The molecule has 0 bridgehead atoms. The van der Waals surface area contributed by atoms with Crippen molar-refractivity contribution in [3.8, 4) is 11.1 Å². The lowest BCUT2D eigenvalue weighted by atomic mass is 10.0. The van der Waals surface area contributed by atoms with E-state index in [1.54, 1.807) is 19.1 Å². The minimum absolute atomic E-state index is 0.331. The second-order valence-corrected chi connectivity index (χ2v) is 6.07. The van der Waals surface area contributed by atoms with Crippen LogP contribution in [0.15, 0.2) is 41.3 Å². The van der Waals surface area contributed by atoms with E-state index in [2.05, 4.69) is 0 Å². The van der Waals surface area contributed by atoms with E-state index in [9.17, 15) is 17.6 Å². The van der Waals surface area contributed by atoms with Crippen molar-refractivity contribution < 1.29 is 17.6 Å². The van der Waals surface area contributed by atoms with Crippen molar-refractivity contribution in [2.45, 2.75) is 31.3 Å². The van der Waals surface area contributed by atoms with Gasteiger partial charge in [-0.25, -0.2) is 4.39 Å². The molecule has 0 heterocycles. The fourth-order valence-electron chi connectivity index (χ4n) is 2.11. The van der Waals surface area contributed by atoms with Crippen LogP contribution in [0.5, 0.6) is 0 Å². The third-order valence-corrected chi connectivity index (χ3v) is 4.55. The van der Waals surface area contributed by atoms with Crippen LogP contribution < -0.4 is 0 Å². The minimum Gasteiger partial charge on any atom is -0.206 e. The lowest BCUT2D eigenvalue weighted by molar-refractivity contribution is -0.105. The second-order valence-electron chi connectivity index (χ2n) is 5.05. The average molecular weight is 328 g/mol. The molecule has 0 saturated carbocycles. The van der Waals surface area contributed by atoms with Gasteiger partial charge in [-0.15, -0.1) is 11.8 Å². The number of benzene rings is 2. The first-order valence-corrected chi connectivity index (χ1v) is 7.87. The molecule has 5 heteroatoms. The summed E-state index contributed by atoms with van der Waals surface area (Å²) in [5, 5.41) is 0. The summed E-state index contributed by atoms with van der Waals surface area (Å²) in [5.41, 5.74) is 2.64. The maximum Gasteiger partial charge on any atom is 0.398 e. The summed E-state index contributed by atoms with van der Waals surface area (Å²) in [5.74, 6) is -1.40. The monoisotopic (exact) mass is 328 g/mol. The van der Waals surface area contributed by atoms with Crippen molar-refractivity contribution in [1.82, 2.24) is 0 Å². The number of halogens is 4. The van der Waals surface area contributed by atoms with Crippen LogP contribution in [0.2, 0.25) is 0 Å². The van der Waals surface area contributed by atoms with Gasteiger partial charge in [0.15, 0.2) is 0 Å². The zero-order valence-electron chi connectivity index (χ0n) is 12.3. The number of aryl methyl sites for hydroxylation is 2. The third kappa shape index (κ3) is 4.26. The first-order valence-electron chi connectivity index (χ1n) is 6.89. The molecule has 0 radical (unpaired) electrons. The van der Waals surface area contributed by atoms with Crippen molar-refractivity contribution in [3.05, 3.63) is 53.3 Å². The van der Waals surface area contributed by atoms with Gasteiger partial charge in [-0.1, -0.05) is 31.2 Å². The van der Waals surface area contributed by atoms with E-state index in [-0.39, 0.29) is 0 Å². The van der Waals surface area contributed by atoms with E-state index in [1.165, 1.54) is 12.1 Å². The van der Waals surface area contributed by atoms with Gasteiger partial charge in [-0.05, 0) is 42.2 Å². The molecule has 0 nitrogen and oxygen atoms in total. The SMILES string of the molecule is CCc1ccc(-c2cc(SCC(F)(F)F)c(C)cc2F)cc1. The molecular formula is C17H16F4S. The topological polar surface area (TPSA) is 0 Å². The maximum atomic E-state index is 14.1. The molecule has 0 unspecified atom stereocenters. The van der Waals surface area contributed by atoms with Crippen molar-refractivity contribution in [2.24, 2.45) is 0 Å². The van der Waals surface area contributed by atoms with Gasteiger partial charge in [0, 0.05) is 10.5 Å². The van der Waals surface area contributed by atoms with E-state index in [0.717, 1.165) is 12.0 Å². The minimum atomic E-state index is -4.24. The average Bonchev–Trinajstić information content (AvgIpc) is 2.45. The Morgan fingerprint density at radius 2 is 1.68 bits per heavy atom. The van der Waals surface area contributed by atoms with E-state index >= 15 is 0 Å². The Hall–Kier alpha value is -1.49. The summed E-state index contributed by atoms with van der Waals surface area (Å²) >= 11 is 0.688. The van der Waals surface area contributed by atoms with Gasteiger partial charge < -0.3 is 0 Å². The van der Waals surface area contributed by atoms with Crippen molar-refractivity contribution in [3.63, 3.8) is 0 Å². The Kier molecular flexibility index (Phi) is 5.16. The molecule has 0 aromatic heterocycles. The summed E-state index contributed by atoms with van der Waals surface area (Å²) in [6, 6.07) is 10.2. The van der Waals surface area contributed by atoms with Crippen LogP contribution in [0.4, 0.5) is 17.6 Å². The Morgan fingerprint density at radius 1 is 1.05 bits per heavy atom. The molecule has 0 atom stereocenters. The van der Waals surface area contributed by atoms with Crippen LogP contribution >= 0.6 is 11.8 Å². The van der Waals surface area contributed by atoms with Gasteiger partial charge in [0.05, 0.1) is 5.75 Å². The van der Waals surface area contributed by atoms with Crippen LogP contribution in [0.3, 0.4) is 0 Å². The van der Waals surface area contributed by atoms with Crippen LogP contribution in [-0.4, -0.2) is 11.9 Å². The number of rotatable bonds is 4. The molecule has 0 aliphatic heterocycles. The van der Waals surface area contributed by atoms with Crippen LogP contribution in [0, 0.1) is 12.7 Å². The van der Waals surface area contributed by atoms with Gasteiger partial charge in [0.2, 0.25) is 0 Å². The van der Waals surface area contributed by atoms with E-state index in [0.29, 0.717) is 33.3 Å². The van der Waals surface area contributed by atoms with Gasteiger partial charge >= 0.3 is 6.18 Å². The highest BCUT2D eigenvalue weighted by Crippen LogP contribution is 2.34. The molecule has 0 aliphatic rings. The Bertz CT molecular complexity index is 645. The van der Waals surface area contributed by atoms with Gasteiger partial charge in [-0.3, -0.25) is 0 Å². The van der Waals surface area contributed by atoms with Crippen molar-refractivity contribution in [1.29, 1.82) is 0 Å². The number of hydrogen-bond acceptors (Lipinski definition) is 1. The highest BCUT2D eigenvalue weighted by atomic mass is 32.2. The summed E-state index contributed by atoms with van der Waals surface area (Å²) in [7, 11) is 0. The standard InChI is InChI=1S/C17H16F4S/c1-3-12-4-6-13(7-5-12)14-9-16(11(2)8-15(14)18)22-10-17(19,20)21/h4-9H,3,10H2,1-2H3. The highest BCUT2D eigenvalue weighted by Gasteiger charge is 2.27. The molecule has 0 N–H and O–H groups in total. The first kappa shape index (κ1) is 16.9. The molecule has 0 fully saturated rings. The molecule has 0 amide bonds. The lowest BCUT2D eigenvalue weighted by Gasteiger charge is -2.12. The summed E-state index contributed by atoms with van der Waals surface area (Å²) in [4.78, 5) is 0.452. The molecule has 0 saturated heterocycles. The van der Waals surface area contributed by atoms with E-state index in [1.807, 2.05) is 19.1 Å². The molecule has 0 aliphatic carbocycles. The summed E-state index contributed by atoms with van der Waals surface area (Å²) in [6.07, 6.45) is -3.36. The van der Waals surface area contributed by atoms with E-state index in [4.69, 9.17) is 0 Å².